The predicted octanol–water partition coefficient (Wildman–Crippen LogP) is 4.52. The molecule has 2 unspecified atom stereocenters. The van der Waals surface area contributed by atoms with Gasteiger partial charge in [-0.15, -0.1) is 0 Å². The lowest BCUT2D eigenvalue weighted by Gasteiger charge is -2.34. The summed E-state index contributed by atoms with van der Waals surface area (Å²) in [5, 5.41) is 3.81. The monoisotopic (exact) mass is 259 g/mol. The highest BCUT2D eigenvalue weighted by Crippen LogP contribution is 2.35. The van der Waals surface area contributed by atoms with E-state index in [9.17, 15) is 0 Å². The summed E-state index contributed by atoms with van der Waals surface area (Å²) < 4.78 is 0. The van der Waals surface area contributed by atoms with Crippen LogP contribution >= 0.6 is 0 Å². The molecule has 0 saturated carbocycles. The lowest BCUT2D eigenvalue weighted by Crippen LogP contribution is -2.38. The summed E-state index contributed by atoms with van der Waals surface area (Å²) >= 11 is 0. The fourth-order valence-electron chi connectivity index (χ4n) is 3.44. The van der Waals surface area contributed by atoms with Crippen LogP contribution in [0.4, 0.5) is 0 Å². The molecule has 1 aromatic carbocycles. The van der Waals surface area contributed by atoms with Gasteiger partial charge in [0.2, 0.25) is 0 Å². The van der Waals surface area contributed by atoms with E-state index in [0.29, 0.717) is 6.04 Å². The highest BCUT2D eigenvalue weighted by Gasteiger charge is 2.27. The lowest BCUT2D eigenvalue weighted by atomic mass is 9.76. The normalized spacial score (nSPS) is 20.3. The fourth-order valence-corrected chi connectivity index (χ4v) is 3.44. The number of hydrogen-bond donors (Lipinski definition) is 1. The molecule has 1 nitrogen and oxygen atoms in total. The smallest absolute Gasteiger partial charge is 0.0138 e. The van der Waals surface area contributed by atoms with Gasteiger partial charge in [0.05, 0.1) is 0 Å². The van der Waals surface area contributed by atoms with E-state index in [2.05, 4.69) is 50.4 Å². The van der Waals surface area contributed by atoms with E-state index in [1.165, 1.54) is 32.1 Å². The Balaban J connectivity index is 2.17. The van der Waals surface area contributed by atoms with Crippen LogP contribution in [0.2, 0.25) is 0 Å². The van der Waals surface area contributed by atoms with Crippen molar-refractivity contribution < 1.29 is 0 Å². The van der Waals surface area contributed by atoms with E-state index in [4.69, 9.17) is 0 Å². The molecule has 0 amide bonds. The van der Waals surface area contributed by atoms with Crippen molar-refractivity contribution in [3.8, 4) is 0 Å². The van der Waals surface area contributed by atoms with E-state index >= 15 is 0 Å². The second-order valence-corrected chi connectivity index (χ2v) is 6.39. The Morgan fingerprint density at radius 3 is 2.79 bits per heavy atom. The molecule has 1 aliphatic rings. The molecule has 19 heavy (non-hydrogen) atoms. The molecule has 2 atom stereocenters. The van der Waals surface area contributed by atoms with Crippen molar-refractivity contribution in [3.63, 3.8) is 0 Å². The molecule has 0 aliphatic heterocycles. The van der Waals surface area contributed by atoms with Crippen LogP contribution in [0, 0.1) is 5.92 Å². The quantitative estimate of drug-likeness (QED) is 0.792. The third kappa shape index (κ3) is 3.82. The lowest BCUT2D eigenvalue weighted by molar-refractivity contribution is 0.339. The second kappa shape index (κ2) is 7.09. The number of hydrogen-bond acceptors (Lipinski definition) is 1. The molecule has 0 fully saturated rings. The van der Waals surface area contributed by atoms with Crippen molar-refractivity contribution in [1.29, 1.82) is 0 Å². The van der Waals surface area contributed by atoms with Gasteiger partial charge in [0.25, 0.3) is 0 Å². The van der Waals surface area contributed by atoms with Crippen molar-refractivity contribution >= 4 is 0 Å². The zero-order valence-electron chi connectivity index (χ0n) is 12.8. The van der Waals surface area contributed by atoms with Crippen molar-refractivity contribution in [1.82, 2.24) is 5.32 Å². The molecule has 106 valence electrons. The first kappa shape index (κ1) is 14.6. The summed E-state index contributed by atoms with van der Waals surface area (Å²) in [7, 11) is 0. The summed E-state index contributed by atoms with van der Waals surface area (Å²) in [6.07, 6.45) is 6.49. The van der Waals surface area contributed by atoms with Gasteiger partial charge in [-0.05, 0) is 61.6 Å². The highest BCUT2D eigenvalue weighted by atomic mass is 14.9. The molecule has 0 aromatic heterocycles. The van der Waals surface area contributed by atoms with Gasteiger partial charge in [-0.1, -0.05) is 45.0 Å². The van der Waals surface area contributed by atoms with Crippen molar-refractivity contribution in [3.05, 3.63) is 35.4 Å². The predicted molar refractivity (Wildman–Crippen MR) is 83.7 cm³/mol. The van der Waals surface area contributed by atoms with Gasteiger partial charge < -0.3 is 5.32 Å². The third-order valence-corrected chi connectivity index (χ3v) is 4.28. The summed E-state index contributed by atoms with van der Waals surface area (Å²) in [5.41, 5.74) is 3.20. The van der Waals surface area contributed by atoms with E-state index < -0.39 is 0 Å². The fraction of sp³-hybridized carbons (Fsp3) is 0.667. The Labute approximate surface area is 118 Å². The van der Waals surface area contributed by atoms with Gasteiger partial charge in [-0.25, -0.2) is 0 Å². The molecule has 1 N–H and O–H groups in total. The summed E-state index contributed by atoms with van der Waals surface area (Å²) in [6.45, 7) is 8.09. The van der Waals surface area contributed by atoms with Gasteiger partial charge in [-0.2, -0.15) is 0 Å². The number of aryl methyl sites for hydroxylation is 1. The molecule has 1 aliphatic carbocycles. The third-order valence-electron chi connectivity index (χ3n) is 4.28. The van der Waals surface area contributed by atoms with Gasteiger partial charge in [-0.3, -0.25) is 0 Å². The van der Waals surface area contributed by atoms with Gasteiger partial charge in [0.1, 0.15) is 0 Å². The largest absolute Gasteiger partial charge is 0.313 e. The number of rotatable bonds is 6. The average molecular weight is 259 g/mol. The molecule has 2 rings (SSSR count). The molecular weight excluding hydrogens is 230 g/mol. The standard InChI is InChI=1S/C18H29N/c1-4-12-19-18(13-14(2)3)17-11-7-9-15-8-5-6-10-16(15)17/h5-6,8,10,14,17-19H,4,7,9,11-13H2,1-3H3. The van der Waals surface area contributed by atoms with Crippen LogP contribution in [0.1, 0.15) is 63.5 Å². The minimum Gasteiger partial charge on any atom is -0.313 e. The minimum absolute atomic E-state index is 0.654. The summed E-state index contributed by atoms with van der Waals surface area (Å²) in [5.74, 6) is 1.49. The molecule has 0 bridgehead atoms. The zero-order chi connectivity index (χ0) is 13.7. The van der Waals surface area contributed by atoms with Crippen LogP contribution in [-0.2, 0) is 6.42 Å². The van der Waals surface area contributed by atoms with E-state index in [1.54, 1.807) is 11.1 Å². The number of benzene rings is 1. The maximum Gasteiger partial charge on any atom is 0.0138 e. The molecule has 1 heteroatoms. The first-order valence-electron chi connectivity index (χ1n) is 8.03. The first-order chi connectivity index (χ1) is 9.22. The van der Waals surface area contributed by atoms with Crippen LogP contribution < -0.4 is 5.32 Å². The van der Waals surface area contributed by atoms with E-state index in [-0.39, 0.29) is 0 Å². The van der Waals surface area contributed by atoms with Crippen LogP contribution in [0.3, 0.4) is 0 Å². The molecule has 1 aromatic rings. The Kier molecular flexibility index (Phi) is 5.45. The number of fused-ring (bicyclic) bond motifs is 1. The van der Waals surface area contributed by atoms with Crippen molar-refractivity contribution in [2.24, 2.45) is 5.92 Å². The van der Waals surface area contributed by atoms with Crippen LogP contribution in [-0.4, -0.2) is 12.6 Å². The molecular formula is C18H29N. The van der Waals surface area contributed by atoms with Crippen molar-refractivity contribution in [2.45, 2.75) is 64.8 Å². The molecule has 0 heterocycles. The second-order valence-electron chi connectivity index (χ2n) is 6.39. The summed E-state index contributed by atoms with van der Waals surface area (Å²) in [4.78, 5) is 0. The van der Waals surface area contributed by atoms with Crippen LogP contribution in [0.25, 0.3) is 0 Å². The molecule has 0 spiro atoms. The van der Waals surface area contributed by atoms with Gasteiger partial charge in [0.15, 0.2) is 0 Å². The molecule has 0 saturated heterocycles. The topological polar surface area (TPSA) is 12.0 Å². The Hall–Kier alpha value is -0.820. The Bertz CT molecular complexity index is 383. The molecule has 0 radical (unpaired) electrons. The Morgan fingerprint density at radius 2 is 2.05 bits per heavy atom. The number of nitrogens with one attached hydrogen (secondary N) is 1. The highest BCUT2D eigenvalue weighted by molar-refractivity contribution is 5.33. The SMILES string of the molecule is CCCNC(CC(C)C)C1CCCc2ccccc21. The van der Waals surface area contributed by atoms with E-state index in [0.717, 1.165) is 18.4 Å². The van der Waals surface area contributed by atoms with E-state index in [1.807, 2.05) is 0 Å². The summed E-state index contributed by atoms with van der Waals surface area (Å²) in [6, 6.07) is 9.75. The average Bonchev–Trinajstić information content (AvgIpc) is 2.42. The zero-order valence-corrected chi connectivity index (χ0v) is 12.8. The maximum absolute atomic E-state index is 3.81. The van der Waals surface area contributed by atoms with Gasteiger partial charge >= 0.3 is 0 Å². The van der Waals surface area contributed by atoms with Crippen LogP contribution in [0.5, 0.6) is 0 Å². The maximum atomic E-state index is 3.81. The first-order valence-corrected chi connectivity index (χ1v) is 8.03. The Morgan fingerprint density at radius 1 is 1.26 bits per heavy atom. The van der Waals surface area contributed by atoms with Crippen molar-refractivity contribution in [2.75, 3.05) is 6.54 Å². The minimum atomic E-state index is 0.654. The van der Waals surface area contributed by atoms with Gasteiger partial charge in [0, 0.05) is 6.04 Å². The van der Waals surface area contributed by atoms with Crippen LogP contribution in [0.15, 0.2) is 24.3 Å².